The van der Waals surface area contributed by atoms with E-state index in [-0.39, 0.29) is 24.4 Å². The lowest BCUT2D eigenvalue weighted by molar-refractivity contribution is -0.134. The van der Waals surface area contributed by atoms with Crippen molar-refractivity contribution in [3.8, 4) is 0 Å². The number of amides is 2. The van der Waals surface area contributed by atoms with Crippen molar-refractivity contribution in [2.24, 2.45) is 0 Å². The summed E-state index contributed by atoms with van der Waals surface area (Å²) in [6.07, 6.45) is 0.821. The molecule has 2 amide bonds. The highest BCUT2D eigenvalue weighted by molar-refractivity contribution is 5.96. The first-order chi connectivity index (χ1) is 12.0. The van der Waals surface area contributed by atoms with Crippen LogP contribution >= 0.6 is 0 Å². The highest BCUT2D eigenvalue weighted by atomic mass is 19.1. The maximum absolute atomic E-state index is 13.0. The third-order valence-corrected chi connectivity index (χ3v) is 4.73. The van der Waals surface area contributed by atoms with Crippen LogP contribution in [0.4, 0.5) is 4.39 Å². The number of nitrogens with zero attached hydrogens (tertiary/aromatic N) is 2. The second-order valence-corrected chi connectivity index (χ2v) is 6.38. The minimum atomic E-state index is -0.393. The summed E-state index contributed by atoms with van der Waals surface area (Å²) in [4.78, 5) is 28.3. The van der Waals surface area contributed by atoms with E-state index < -0.39 is 5.82 Å². The molecule has 4 nitrogen and oxygen atoms in total. The van der Waals surface area contributed by atoms with Crippen LogP contribution < -0.4 is 0 Å². The summed E-state index contributed by atoms with van der Waals surface area (Å²) in [5.41, 5.74) is 2.80. The molecule has 3 rings (SSSR count). The Kier molecular flexibility index (Phi) is 4.83. The molecule has 1 heterocycles. The van der Waals surface area contributed by atoms with Crippen LogP contribution in [-0.4, -0.2) is 41.8 Å². The summed E-state index contributed by atoms with van der Waals surface area (Å²) in [6.45, 7) is 2.66. The SMILES string of the molecule is CC1c2ccccc2CCN1C(=O)CN(C)C(=O)c1ccc(F)cc1. The van der Waals surface area contributed by atoms with Crippen LogP contribution in [0.15, 0.2) is 48.5 Å². The van der Waals surface area contributed by atoms with Crippen molar-refractivity contribution in [3.05, 3.63) is 71.0 Å². The number of likely N-dealkylation sites (N-methyl/N-ethyl adjacent to an activating group) is 1. The standard InChI is InChI=1S/C20H21FN2O2/c1-14-18-6-4-3-5-15(18)11-12-23(14)19(24)13-22(2)20(25)16-7-9-17(21)10-8-16/h3-10,14H,11-13H2,1-2H3. The van der Waals surface area contributed by atoms with E-state index in [9.17, 15) is 14.0 Å². The Hall–Kier alpha value is -2.69. The van der Waals surface area contributed by atoms with Crippen molar-refractivity contribution in [1.82, 2.24) is 9.80 Å². The normalized spacial score (nSPS) is 16.3. The lowest BCUT2D eigenvalue weighted by Gasteiger charge is -2.36. The number of benzene rings is 2. The van der Waals surface area contributed by atoms with Crippen LogP contribution in [0.5, 0.6) is 0 Å². The zero-order valence-electron chi connectivity index (χ0n) is 14.4. The summed E-state index contributed by atoms with van der Waals surface area (Å²) < 4.78 is 13.0. The van der Waals surface area contributed by atoms with Gasteiger partial charge in [-0.2, -0.15) is 0 Å². The average molecular weight is 340 g/mol. The molecule has 0 N–H and O–H groups in total. The first-order valence-electron chi connectivity index (χ1n) is 8.35. The van der Waals surface area contributed by atoms with Gasteiger partial charge in [0.25, 0.3) is 5.91 Å². The largest absolute Gasteiger partial charge is 0.334 e. The molecule has 0 aliphatic carbocycles. The molecule has 5 heteroatoms. The molecule has 0 bridgehead atoms. The van der Waals surface area contributed by atoms with Crippen LogP contribution in [0.25, 0.3) is 0 Å². The Morgan fingerprint density at radius 3 is 2.56 bits per heavy atom. The van der Waals surface area contributed by atoms with Gasteiger partial charge in [0.1, 0.15) is 5.82 Å². The molecule has 2 aromatic carbocycles. The van der Waals surface area contributed by atoms with Gasteiger partial charge >= 0.3 is 0 Å². The fourth-order valence-corrected chi connectivity index (χ4v) is 3.29. The van der Waals surface area contributed by atoms with Crippen LogP contribution in [0.1, 0.15) is 34.5 Å². The number of fused-ring (bicyclic) bond motifs is 1. The first-order valence-corrected chi connectivity index (χ1v) is 8.35. The fourth-order valence-electron chi connectivity index (χ4n) is 3.29. The molecular weight excluding hydrogens is 319 g/mol. The molecule has 25 heavy (non-hydrogen) atoms. The zero-order chi connectivity index (χ0) is 18.0. The molecule has 130 valence electrons. The van der Waals surface area contributed by atoms with Gasteiger partial charge in [0, 0.05) is 19.2 Å². The van der Waals surface area contributed by atoms with Crippen LogP contribution in [0, 0.1) is 5.82 Å². The average Bonchev–Trinajstić information content (AvgIpc) is 2.62. The van der Waals surface area contributed by atoms with E-state index in [1.165, 1.54) is 34.7 Å². The molecule has 0 saturated heterocycles. The van der Waals surface area contributed by atoms with Gasteiger partial charge in [-0.3, -0.25) is 9.59 Å². The number of carbonyl (C=O) groups is 2. The number of hydrogen-bond acceptors (Lipinski definition) is 2. The van der Waals surface area contributed by atoms with Crippen LogP contribution in [-0.2, 0) is 11.2 Å². The van der Waals surface area contributed by atoms with Gasteiger partial charge in [0.05, 0.1) is 12.6 Å². The van der Waals surface area contributed by atoms with Gasteiger partial charge in [-0.25, -0.2) is 4.39 Å². The molecule has 0 spiro atoms. The molecule has 0 saturated carbocycles. The molecule has 0 radical (unpaired) electrons. The number of hydrogen-bond donors (Lipinski definition) is 0. The van der Waals surface area contributed by atoms with Crippen LogP contribution in [0.3, 0.4) is 0 Å². The summed E-state index contributed by atoms with van der Waals surface area (Å²) in [5, 5.41) is 0. The minimum absolute atomic E-state index is 0.00270. The Morgan fingerprint density at radius 2 is 1.84 bits per heavy atom. The maximum atomic E-state index is 13.0. The van der Waals surface area contributed by atoms with Gasteiger partial charge in [0.15, 0.2) is 0 Å². The highest BCUT2D eigenvalue weighted by Crippen LogP contribution is 2.29. The van der Waals surface area contributed by atoms with Crippen molar-refractivity contribution in [3.63, 3.8) is 0 Å². The fraction of sp³-hybridized carbons (Fsp3) is 0.300. The number of carbonyl (C=O) groups excluding carboxylic acids is 2. The quantitative estimate of drug-likeness (QED) is 0.862. The van der Waals surface area contributed by atoms with Gasteiger partial charge in [0.2, 0.25) is 5.91 Å². The Morgan fingerprint density at radius 1 is 1.16 bits per heavy atom. The second-order valence-electron chi connectivity index (χ2n) is 6.38. The lowest BCUT2D eigenvalue weighted by atomic mass is 9.93. The molecule has 2 aromatic rings. The highest BCUT2D eigenvalue weighted by Gasteiger charge is 2.28. The summed E-state index contributed by atoms with van der Waals surface area (Å²) >= 11 is 0. The van der Waals surface area contributed by atoms with Gasteiger partial charge in [-0.05, 0) is 48.7 Å². The number of rotatable bonds is 3. The lowest BCUT2D eigenvalue weighted by Crippen LogP contribution is -2.45. The molecule has 1 unspecified atom stereocenters. The van der Waals surface area contributed by atoms with E-state index in [4.69, 9.17) is 0 Å². The van der Waals surface area contributed by atoms with E-state index in [0.717, 1.165) is 12.0 Å². The van der Waals surface area contributed by atoms with Crippen molar-refractivity contribution in [2.75, 3.05) is 20.1 Å². The molecule has 1 aliphatic heterocycles. The van der Waals surface area contributed by atoms with E-state index in [2.05, 4.69) is 6.07 Å². The first kappa shape index (κ1) is 17.1. The Labute approximate surface area is 146 Å². The summed E-state index contributed by atoms with van der Waals surface area (Å²) in [5.74, 6) is -0.769. The second kappa shape index (κ2) is 7.05. The molecule has 1 atom stereocenters. The van der Waals surface area contributed by atoms with Gasteiger partial charge < -0.3 is 9.80 Å². The van der Waals surface area contributed by atoms with E-state index in [1.807, 2.05) is 30.0 Å². The Bertz CT molecular complexity index is 789. The zero-order valence-corrected chi connectivity index (χ0v) is 14.4. The van der Waals surface area contributed by atoms with E-state index in [0.29, 0.717) is 12.1 Å². The van der Waals surface area contributed by atoms with Crippen molar-refractivity contribution in [1.29, 1.82) is 0 Å². The molecule has 0 fully saturated rings. The molecule has 0 aromatic heterocycles. The summed E-state index contributed by atoms with van der Waals surface area (Å²) in [7, 11) is 1.59. The third kappa shape index (κ3) is 3.55. The van der Waals surface area contributed by atoms with E-state index >= 15 is 0 Å². The topological polar surface area (TPSA) is 40.6 Å². The Balaban J connectivity index is 1.68. The van der Waals surface area contributed by atoms with Crippen molar-refractivity contribution in [2.45, 2.75) is 19.4 Å². The smallest absolute Gasteiger partial charge is 0.254 e. The predicted molar refractivity (Wildman–Crippen MR) is 93.6 cm³/mol. The van der Waals surface area contributed by atoms with Gasteiger partial charge in [-0.15, -0.1) is 0 Å². The monoisotopic (exact) mass is 340 g/mol. The van der Waals surface area contributed by atoms with Crippen molar-refractivity contribution >= 4 is 11.8 Å². The minimum Gasteiger partial charge on any atom is -0.334 e. The van der Waals surface area contributed by atoms with E-state index in [1.54, 1.807) is 7.05 Å². The van der Waals surface area contributed by atoms with Crippen molar-refractivity contribution < 1.29 is 14.0 Å². The maximum Gasteiger partial charge on any atom is 0.254 e. The number of halogens is 1. The summed E-state index contributed by atoms with van der Waals surface area (Å²) in [6, 6.07) is 13.5. The van der Waals surface area contributed by atoms with Gasteiger partial charge in [-0.1, -0.05) is 24.3 Å². The molecular formula is C20H21FN2O2. The van der Waals surface area contributed by atoms with Crippen LogP contribution in [0.2, 0.25) is 0 Å². The predicted octanol–water partition coefficient (Wildman–Crippen LogP) is 3.04. The third-order valence-electron chi connectivity index (χ3n) is 4.73. The molecule has 1 aliphatic rings.